The van der Waals surface area contributed by atoms with Crippen molar-refractivity contribution in [2.45, 2.75) is 29.9 Å². The molecule has 1 aliphatic rings. The quantitative estimate of drug-likeness (QED) is 0.612. The number of hydrogen-bond donors (Lipinski definition) is 1. The van der Waals surface area contributed by atoms with Crippen molar-refractivity contribution in [3.63, 3.8) is 0 Å². The lowest BCUT2D eigenvalue weighted by Gasteiger charge is -2.30. The van der Waals surface area contributed by atoms with E-state index in [0.29, 0.717) is 24.5 Å². The molecule has 4 rings (SSSR count). The third kappa shape index (κ3) is 3.61. The van der Waals surface area contributed by atoms with Gasteiger partial charge in [-0.15, -0.1) is 0 Å². The molecule has 5 heteroatoms. The van der Waals surface area contributed by atoms with Crippen LogP contribution in [0.3, 0.4) is 0 Å². The van der Waals surface area contributed by atoms with Crippen LogP contribution in [0.5, 0.6) is 0 Å². The van der Waals surface area contributed by atoms with E-state index in [4.69, 9.17) is 4.74 Å². The Balaban J connectivity index is 1.55. The van der Waals surface area contributed by atoms with E-state index in [-0.39, 0.29) is 0 Å². The molecule has 28 heavy (non-hydrogen) atoms. The average Bonchev–Trinajstić information content (AvgIpc) is 2.97. The van der Waals surface area contributed by atoms with Crippen molar-refractivity contribution in [2.24, 2.45) is 0 Å². The monoisotopic (exact) mass is 393 g/mol. The van der Waals surface area contributed by atoms with Crippen LogP contribution in [0.1, 0.15) is 29.5 Å². The van der Waals surface area contributed by atoms with Crippen LogP contribution >= 0.6 is 0 Å². The summed E-state index contributed by atoms with van der Waals surface area (Å²) in [6, 6.07) is 27.1. The van der Waals surface area contributed by atoms with Gasteiger partial charge in [-0.05, 0) is 35.6 Å². The van der Waals surface area contributed by atoms with Crippen LogP contribution in [0.15, 0.2) is 89.8 Å². The van der Waals surface area contributed by atoms with Gasteiger partial charge in [-0.2, -0.15) is 4.72 Å². The van der Waals surface area contributed by atoms with Gasteiger partial charge in [-0.1, -0.05) is 78.9 Å². The Kier molecular flexibility index (Phi) is 5.31. The minimum atomic E-state index is -3.54. The molecule has 0 aromatic heterocycles. The maximum atomic E-state index is 12.8. The van der Waals surface area contributed by atoms with E-state index >= 15 is 0 Å². The number of fused-ring (bicyclic) bond motifs is 1. The summed E-state index contributed by atoms with van der Waals surface area (Å²) in [4.78, 5) is 0.365. The third-order valence-corrected chi connectivity index (χ3v) is 6.72. The van der Waals surface area contributed by atoms with Gasteiger partial charge >= 0.3 is 0 Å². The molecule has 0 bridgehead atoms. The highest BCUT2D eigenvalue weighted by molar-refractivity contribution is 7.89. The molecule has 0 saturated carbocycles. The van der Waals surface area contributed by atoms with Crippen molar-refractivity contribution < 1.29 is 13.2 Å². The number of ether oxygens (including phenoxy) is 1. The number of rotatable bonds is 7. The summed E-state index contributed by atoms with van der Waals surface area (Å²) in [6.45, 7) is 1.12. The highest BCUT2D eigenvalue weighted by Crippen LogP contribution is 2.43. The first kappa shape index (κ1) is 18.9. The summed E-state index contributed by atoms with van der Waals surface area (Å²) in [5.74, 6) is 0. The van der Waals surface area contributed by atoms with Gasteiger partial charge in [0.05, 0.1) is 17.0 Å². The molecule has 1 N–H and O–H groups in total. The molecule has 4 nitrogen and oxygen atoms in total. The van der Waals surface area contributed by atoms with Crippen molar-refractivity contribution in [3.8, 4) is 0 Å². The Hall–Kier alpha value is -2.47. The summed E-state index contributed by atoms with van der Waals surface area (Å²) in [5.41, 5.74) is 2.13. The number of nitrogens with one attached hydrogen (secondary N) is 1. The van der Waals surface area contributed by atoms with Crippen LogP contribution in [-0.2, 0) is 26.9 Å². The topological polar surface area (TPSA) is 55.4 Å². The predicted octanol–water partition coefficient (Wildman–Crippen LogP) is 4.22. The molecule has 1 heterocycles. The lowest BCUT2D eigenvalue weighted by Crippen LogP contribution is -2.40. The van der Waals surface area contributed by atoms with Crippen molar-refractivity contribution in [1.29, 1.82) is 0 Å². The van der Waals surface area contributed by atoms with Crippen LogP contribution in [-0.4, -0.2) is 15.0 Å². The standard InChI is InChI=1S/C23H23NO3S/c25-28(26)22-15-8-7-14-21(22)23(24-28,20-12-5-2-6-13-20)16-9-17-27-18-19-10-3-1-4-11-19/h1-8,10-15,24H,9,16-18H2/t23-/m1/s1. The summed E-state index contributed by atoms with van der Waals surface area (Å²) in [6.07, 6.45) is 1.36. The lowest BCUT2D eigenvalue weighted by molar-refractivity contribution is 0.113. The predicted molar refractivity (Wildman–Crippen MR) is 109 cm³/mol. The largest absolute Gasteiger partial charge is 0.377 e. The molecule has 0 saturated heterocycles. The Morgan fingerprint density at radius 3 is 2.21 bits per heavy atom. The molecule has 144 valence electrons. The van der Waals surface area contributed by atoms with Crippen molar-refractivity contribution in [2.75, 3.05) is 6.61 Å². The van der Waals surface area contributed by atoms with Crippen molar-refractivity contribution >= 4 is 10.0 Å². The Morgan fingerprint density at radius 2 is 1.46 bits per heavy atom. The molecule has 0 radical (unpaired) electrons. The highest BCUT2D eigenvalue weighted by atomic mass is 32.2. The zero-order valence-corrected chi connectivity index (χ0v) is 16.4. The SMILES string of the molecule is O=S1(=O)N[C@](CCCOCc2ccccc2)(c2ccccc2)c2ccccc21. The van der Waals surface area contributed by atoms with Gasteiger partial charge in [0, 0.05) is 6.61 Å². The number of benzene rings is 3. The normalized spacial score (nSPS) is 20.0. The van der Waals surface area contributed by atoms with Gasteiger partial charge in [-0.3, -0.25) is 0 Å². The first-order chi connectivity index (χ1) is 13.6. The van der Waals surface area contributed by atoms with Crippen LogP contribution in [0.25, 0.3) is 0 Å². The second-order valence-electron chi connectivity index (χ2n) is 7.01. The molecular formula is C23H23NO3S. The molecule has 3 aromatic rings. The fourth-order valence-corrected chi connectivity index (χ4v) is 5.55. The molecular weight excluding hydrogens is 370 g/mol. The van der Waals surface area contributed by atoms with Crippen LogP contribution < -0.4 is 4.72 Å². The van der Waals surface area contributed by atoms with Crippen LogP contribution in [0.4, 0.5) is 0 Å². The summed E-state index contributed by atoms with van der Waals surface area (Å²) >= 11 is 0. The maximum Gasteiger partial charge on any atom is 0.242 e. The fourth-order valence-electron chi connectivity index (χ4n) is 3.86. The minimum Gasteiger partial charge on any atom is -0.377 e. The van der Waals surface area contributed by atoms with Gasteiger partial charge < -0.3 is 4.74 Å². The van der Waals surface area contributed by atoms with Crippen LogP contribution in [0, 0.1) is 0 Å². The average molecular weight is 394 g/mol. The second kappa shape index (κ2) is 7.87. The van der Waals surface area contributed by atoms with Gasteiger partial charge in [0.1, 0.15) is 0 Å². The Morgan fingerprint density at radius 1 is 0.821 bits per heavy atom. The van der Waals surface area contributed by atoms with Gasteiger partial charge in [0.15, 0.2) is 0 Å². The zero-order chi connectivity index (χ0) is 19.5. The smallest absolute Gasteiger partial charge is 0.242 e. The maximum absolute atomic E-state index is 12.8. The zero-order valence-electron chi connectivity index (χ0n) is 15.5. The molecule has 3 aromatic carbocycles. The Labute approximate surface area is 166 Å². The molecule has 0 fully saturated rings. The number of hydrogen-bond acceptors (Lipinski definition) is 3. The summed E-state index contributed by atoms with van der Waals surface area (Å²) in [5, 5.41) is 0. The molecule has 1 aliphatic heterocycles. The first-order valence-corrected chi connectivity index (χ1v) is 10.9. The van der Waals surface area contributed by atoms with E-state index in [1.54, 1.807) is 12.1 Å². The van der Waals surface area contributed by atoms with E-state index in [9.17, 15) is 8.42 Å². The van der Waals surface area contributed by atoms with Crippen molar-refractivity contribution in [3.05, 3.63) is 102 Å². The van der Waals surface area contributed by atoms with E-state index in [1.807, 2.05) is 72.8 Å². The van der Waals surface area contributed by atoms with Gasteiger partial charge in [-0.25, -0.2) is 8.42 Å². The summed E-state index contributed by atoms with van der Waals surface area (Å²) in [7, 11) is -3.54. The summed E-state index contributed by atoms with van der Waals surface area (Å²) < 4.78 is 34.3. The molecule has 0 aliphatic carbocycles. The number of sulfonamides is 1. The second-order valence-corrected chi connectivity index (χ2v) is 8.67. The van der Waals surface area contributed by atoms with E-state index in [0.717, 1.165) is 23.1 Å². The third-order valence-electron chi connectivity index (χ3n) is 5.16. The highest BCUT2D eigenvalue weighted by Gasteiger charge is 2.47. The van der Waals surface area contributed by atoms with E-state index in [2.05, 4.69) is 4.72 Å². The van der Waals surface area contributed by atoms with E-state index < -0.39 is 15.6 Å². The lowest BCUT2D eigenvalue weighted by atomic mass is 9.80. The van der Waals surface area contributed by atoms with Crippen LogP contribution in [0.2, 0.25) is 0 Å². The van der Waals surface area contributed by atoms with Crippen molar-refractivity contribution in [1.82, 2.24) is 4.72 Å². The van der Waals surface area contributed by atoms with E-state index in [1.165, 1.54) is 0 Å². The minimum absolute atomic E-state index is 0.365. The molecule has 0 amide bonds. The molecule has 0 unspecified atom stereocenters. The fraction of sp³-hybridized carbons (Fsp3) is 0.217. The molecule has 0 spiro atoms. The van der Waals surface area contributed by atoms with Gasteiger partial charge in [0.25, 0.3) is 0 Å². The molecule has 1 atom stereocenters. The first-order valence-electron chi connectivity index (χ1n) is 9.42. The Bertz CT molecular complexity index is 1040. The van der Waals surface area contributed by atoms with Gasteiger partial charge in [0.2, 0.25) is 10.0 Å².